The normalized spacial score (nSPS) is 10.4. The van der Waals surface area contributed by atoms with Gasteiger partial charge in [-0.2, -0.15) is 0 Å². The van der Waals surface area contributed by atoms with Crippen molar-refractivity contribution >= 4 is 28.9 Å². The van der Waals surface area contributed by atoms with Crippen LogP contribution < -0.4 is 15.4 Å². The average Bonchev–Trinajstić information content (AvgIpc) is 2.48. The number of rotatable bonds is 6. The smallest absolute Gasteiger partial charge is 0.243 e. The lowest BCUT2D eigenvalue weighted by Gasteiger charge is -2.15. The van der Waals surface area contributed by atoms with Crippen molar-refractivity contribution in [2.75, 3.05) is 17.2 Å². The van der Waals surface area contributed by atoms with Crippen LogP contribution in [0.4, 0.5) is 11.4 Å². The fraction of sp³-hybridized carbons (Fsp3) is 0.235. The summed E-state index contributed by atoms with van der Waals surface area (Å²) in [6.45, 7) is 4.05. The molecule has 0 radical (unpaired) electrons. The Labute approximate surface area is 135 Å². The number of ether oxygens (including phenoxy) is 1. The first kappa shape index (κ1) is 16.2. The summed E-state index contributed by atoms with van der Waals surface area (Å²) in [5.41, 5.74) is 1.38. The quantitative estimate of drug-likeness (QED) is 0.840. The Kier molecular flexibility index (Phi) is 5.67. The van der Waals surface area contributed by atoms with Gasteiger partial charge in [-0.05, 0) is 38.1 Å². The minimum Gasteiger partial charge on any atom is -0.489 e. The summed E-state index contributed by atoms with van der Waals surface area (Å²) in [5.74, 6) is 0.551. The minimum atomic E-state index is -0.174. The minimum absolute atomic E-state index is 0.0694. The number of anilines is 2. The molecule has 2 aromatic rings. The molecular weight excluding hydrogens is 300 g/mol. The molecular formula is C17H19ClN2O2. The third kappa shape index (κ3) is 4.67. The second-order valence-corrected chi connectivity index (χ2v) is 5.45. The number of carbonyl (C=O) groups excluding carboxylic acids is 1. The van der Waals surface area contributed by atoms with Gasteiger partial charge in [-0.25, -0.2) is 0 Å². The van der Waals surface area contributed by atoms with E-state index >= 15 is 0 Å². The monoisotopic (exact) mass is 318 g/mol. The van der Waals surface area contributed by atoms with E-state index in [0.717, 1.165) is 11.4 Å². The number of amides is 1. The zero-order chi connectivity index (χ0) is 15.9. The lowest BCUT2D eigenvalue weighted by atomic mass is 10.3. The number of nitrogens with one attached hydrogen (secondary N) is 2. The maximum absolute atomic E-state index is 12.0. The number of para-hydroxylation sites is 3. The lowest BCUT2D eigenvalue weighted by Crippen LogP contribution is -2.22. The number of hydrogen-bond acceptors (Lipinski definition) is 3. The van der Waals surface area contributed by atoms with E-state index in [4.69, 9.17) is 16.3 Å². The summed E-state index contributed by atoms with van der Waals surface area (Å²) >= 11 is 6.01. The van der Waals surface area contributed by atoms with Crippen LogP contribution in [0.5, 0.6) is 5.75 Å². The second kappa shape index (κ2) is 7.71. The average molecular weight is 319 g/mol. The van der Waals surface area contributed by atoms with Gasteiger partial charge in [0, 0.05) is 0 Å². The molecule has 0 bridgehead atoms. The molecule has 0 aliphatic carbocycles. The van der Waals surface area contributed by atoms with Crippen LogP contribution >= 0.6 is 11.6 Å². The lowest BCUT2D eigenvalue weighted by molar-refractivity contribution is -0.114. The summed E-state index contributed by atoms with van der Waals surface area (Å²) in [6, 6.07) is 14.7. The van der Waals surface area contributed by atoms with Crippen molar-refractivity contribution < 1.29 is 9.53 Å². The third-order valence-electron chi connectivity index (χ3n) is 2.84. The van der Waals surface area contributed by atoms with E-state index in [0.29, 0.717) is 10.7 Å². The van der Waals surface area contributed by atoms with Gasteiger partial charge in [0.25, 0.3) is 0 Å². The van der Waals surface area contributed by atoms with Gasteiger partial charge >= 0.3 is 0 Å². The van der Waals surface area contributed by atoms with Crippen LogP contribution in [0.15, 0.2) is 48.5 Å². The Morgan fingerprint density at radius 3 is 2.41 bits per heavy atom. The molecule has 1 amide bonds. The summed E-state index contributed by atoms with van der Waals surface area (Å²) in [4.78, 5) is 12.0. The standard InChI is InChI=1S/C17H19ClN2O2/c1-12(2)22-16-10-6-5-9-15(16)19-11-17(21)20-14-8-4-3-7-13(14)18/h3-10,12,19H,11H2,1-2H3,(H,20,21). The van der Waals surface area contributed by atoms with Gasteiger partial charge < -0.3 is 15.4 Å². The fourth-order valence-electron chi connectivity index (χ4n) is 1.90. The number of benzene rings is 2. The van der Waals surface area contributed by atoms with Crippen LogP contribution in [0.1, 0.15) is 13.8 Å². The zero-order valence-corrected chi connectivity index (χ0v) is 13.4. The Morgan fingerprint density at radius 2 is 1.73 bits per heavy atom. The molecule has 2 aromatic carbocycles. The van der Waals surface area contributed by atoms with E-state index in [9.17, 15) is 4.79 Å². The number of carbonyl (C=O) groups is 1. The van der Waals surface area contributed by atoms with Gasteiger partial charge in [0.15, 0.2) is 0 Å². The van der Waals surface area contributed by atoms with Gasteiger partial charge in [-0.3, -0.25) is 4.79 Å². The molecule has 0 fully saturated rings. The summed E-state index contributed by atoms with van der Waals surface area (Å²) in [6.07, 6.45) is 0.0694. The van der Waals surface area contributed by atoms with Gasteiger partial charge in [0.2, 0.25) is 5.91 Å². The van der Waals surface area contributed by atoms with Crippen LogP contribution in [-0.4, -0.2) is 18.6 Å². The molecule has 0 aliphatic heterocycles. The van der Waals surface area contributed by atoms with E-state index in [1.165, 1.54) is 0 Å². The molecule has 5 heteroatoms. The van der Waals surface area contributed by atoms with Crippen LogP contribution in [0, 0.1) is 0 Å². The molecule has 2 N–H and O–H groups in total. The van der Waals surface area contributed by atoms with Crippen LogP contribution in [0.3, 0.4) is 0 Å². The maximum atomic E-state index is 12.0. The Morgan fingerprint density at radius 1 is 1.09 bits per heavy atom. The largest absolute Gasteiger partial charge is 0.489 e. The first-order valence-corrected chi connectivity index (χ1v) is 7.48. The maximum Gasteiger partial charge on any atom is 0.243 e. The molecule has 0 unspecified atom stereocenters. The van der Waals surface area contributed by atoms with Crippen molar-refractivity contribution in [3.8, 4) is 5.75 Å². The zero-order valence-electron chi connectivity index (χ0n) is 12.6. The Bertz CT molecular complexity index is 644. The van der Waals surface area contributed by atoms with Crippen LogP contribution in [-0.2, 0) is 4.79 Å². The summed E-state index contributed by atoms with van der Waals surface area (Å²) in [5, 5.41) is 6.36. The molecule has 4 nitrogen and oxygen atoms in total. The van der Waals surface area contributed by atoms with Gasteiger partial charge in [-0.15, -0.1) is 0 Å². The third-order valence-corrected chi connectivity index (χ3v) is 3.17. The SMILES string of the molecule is CC(C)Oc1ccccc1NCC(=O)Nc1ccccc1Cl. The van der Waals surface area contributed by atoms with E-state index in [-0.39, 0.29) is 18.6 Å². The molecule has 22 heavy (non-hydrogen) atoms. The van der Waals surface area contributed by atoms with Crippen molar-refractivity contribution in [3.05, 3.63) is 53.6 Å². The molecule has 0 spiro atoms. The number of halogens is 1. The molecule has 0 aliphatic rings. The van der Waals surface area contributed by atoms with E-state index in [2.05, 4.69) is 10.6 Å². The molecule has 0 saturated carbocycles. The van der Waals surface area contributed by atoms with Crippen molar-refractivity contribution in [1.29, 1.82) is 0 Å². The van der Waals surface area contributed by atoms with Gasteiger partial charge in [0.1, 0.15) is 5.75 Å². The fourth-order valence-corrected chi connectivity index (χ4v) is 2.08. The Balaban J connectivity index is 1.95. The predicted molar refractivity (Wildman–Crippen MR) is 90.8 cm³/mol. The highest BCUT2D eigenvalue weighted by atomic mass is 35.5. The highest BCUT2D eigenvalue weighted by molar-refractivity contribution is 6.33. The topological polar surface area (TPSA) is 50.4 Å². The van der Waals surface area contributed by atoms with Crippen molar-refractivity contribution in [2.24, 2.45) is 0 Å². The molecule has 0 atom stereocenters. The number of hydrogen-bond donors (Lipinski definition) is 2. The molecule has 0 aromatic heterocycles. The first-order chi connectivity index (χ1) is 10.6. The first-order valence-electron chi connectivity index (χ1n) is 7.10. The van der Waals surface area contributed by atoms with Crippen molar-refractivity contribution in [3.63, 3.8) is 0 Å². The van der Waals surface area contributed by atoms with Gasteiger partial charge in [0.05, 0.1) is 29.0 Å². The van der Waals surface area contributed by atoms with Crippen molar-refractivity contribution in [2.45, 2.75) is 20.0 Å². The van der Waals surface area contributed by atoms with Gasteiger partial charge in [-0.1, -0.05) is 35.9 Å². The van der Waals surface area contributed by atoms with E-state index in [1.807, 2.05) is 50.2 Å². The predicted octanol–water partition coefficient (Wildman–Crippen LogP) is 4.18. The Hall–Kier alpha value is -2.20. The van der Waals surface area contributed by atoms with Crippen molar-refractivity contribution in [1.82, 2.24) is 0 Å². The second-order valence-electron chi connectivity index (χ2n) is 5.04. The van der Waals surface area contributed by atoms with E-state index < -0.39 is 0 Å². The molecule has 116 valence electrons. The summed E-state index contributed by atoms with van der Waals surface area (Å²) in [7, 11) is 0. The molecule has 0 heterocycles. The van der Waals surface area contributed by atoms with E-state index in [1.54, 1.807) is 12.1 Å². The van der Waals surface area contributed by atoms with Crippen LogP contribution in [0.25, 0.3) is 0 Å². The molecule has 0 saturated heterocycles. The highest BCUT2D eigenvalue weighted by Gasteiger charge is 2.08. The highest BCUT2D eigenvalue weighted by Crippen LogP contribution is 2.25. The summed E-state index contributed by atoms with van der Waals surface area (Å²) < 4.78 is 5.70. The van der Waals surface area contributed by atoms with Crippen LogP contribution in [0.2, 0.25) is 5.02 Å². The molecule has 2 rings (SSSR count).